The SMILES string of the molecule is Cc1cnc(-c2cccc3c2oc2ccc(C(C)c4ccccc4)cc23)cc1-c1ccccc1. The van der Waals surface area contributed by atoms with E-state index in [0.29, 0.717) is 5.92 Å². The quantitative estimate of drug-likeness (QED) is 0.274. The highest BCUT2D eigenvalue weighted by molar-refractivity contribution is 6.09. The highest BCUT2D eigenvalue weighted by Gasteiger charge is 2.16. The van der Waals surface area contributed by atoms with Gasteiger partial charge in [0.25, 0.3) is 0 Å². The van der Waals surface area contributed by atoms with Gasteiger partial charge in [0.15, 0.2) is 0 Å². The molecule has 2 heterocycles. The van der Waals surface area contributed by atoms with Crippen molar-refractivity contribution in [3.8, 4) is 22.4 Å². The third kappa shape index (κ3) is 3.48. The minimum atomic E-state index is 0.311. The Morgan fingerprint density at radius 3 is 2.24 bits per heavy atom. The molecule has 0 amide bonds. The Bertz CT molecular complexity index is 1610. The minimum absolute atomic E-state index is 0.311. The molecule has 2 nitrogen and oxygen atoms in total. The van der Waals surface area contributed by atoms with Gasteiger partial charge in [0.2, 0.25) is 0 Å². The molecule has 0 bridgehead atoms. The van der Waals surface area contributed by atoms with Gasteiger partial charge in [0.1, 0.15) is 11.2 Å². The van der Waals surface area contributed by atoms with Crippen molar-refractivity contribution in [2.75, 3.05) is 0 Å². The van der Waals surface area contributed by atoms with Crippen LogP contribution in [0.15, 0.2) is 114 Å². The molecular weight excluding hydrogens is 414 g/mol. The van der Waals surface area contributed by atoms with Gasteiger partial charge in [0, 0.05) is 28.5 Å². The first kappa shape index (κ1) is 20.4. The molecule has 2 heteroatoms. The number of hydrogen-bond donors (Lipinski definition) is 0. The second kappa shape index (κ2) is 8.31. The van der Waals surface area contributed by atoms with E-state index in [2.05, 4.69) is 111 Å². The Labute approximate surface area is 199 Å². The van der Waals surface area contributed by atoms with E-state index in [4.69, 9.17) is 9.40 Å². The van der Waals surface area contributed by atoms with E-state index in [1.165, 1.54) is 22.3 Å². The van der Waals surface area contributed by atoms with Crippen LogP contribution in [0.2, 0.25) is 0 Å². The monoisotopic (exact) mass is 439 g/mol. The molecule has 1 unspecified atom stereocenters. The number of benzene rings is 4. The number of pyridine rings is 1. The van der Waals surface area contributed by atoms with Crippen LogP contribution in [0.25, 0.3) is 44.3 Å². The first-order chi connectivity index (χ1) is 16.7. The topological polar surface area (TPSA) is 26.0 Å². The standard InChI is InChI=1S/C32H25NO/c1-21-20-33-30(19-28(21)24-12-7-4-8-13-24)27-15-9-14-26-29-18-25(16-17-31(29)34-32(26)27)22(2)23-10-5-3-6-11-23/h3-20,22H,1-2H3. The van der Waals surface area contributed by atoms with Crippen LogP contribution in [0.5, 0.6) is 0 Å². The van der Waals surface area contributed by atoms with Crippen molar-refractivity contribution in [3.63, 3.8) is 0 Å². The average Bonchev–Trinajstić information content (AvgIpc) is 3.28. The number of hydrogen-bond acceptors (Lipinski definition) is 2. The minimum Gasteiger partial charge on any atom is -0.455 e. The number of rotatable bonds is 4. The molecule has 0 aliphatic rings. The molecule has 2 aromatic heterocycles. The van der Waals surface area contributed by atoms with E-state index in [1.54, 1.807) is 0 Å². The van der Waals surface area contributed by atoms with Crippen LogP contribution in [0.3, 0.4) is 0 Å². The number of aromatic nitrogens is 1. The summed E-state index contributed by atoms with van der Waals surface area (Å²) in [5.41, 5.74) is 9.87. The summed E-state index contributed by atoms with van der Waals surface area (Å²) in [6.45, 7) is 4.36. The number of para-hydroxylation sites is 1. The lowest BCUT2D eigenvalue weighted by atomic mass is 9.92. The molecule has 0 aliphatic heterocycles. The third-order valence-electron chi connectivity index (χ3n) is 6.78. The lowest BCUT2D eigenvalue weighted by Gasteiger charge is -2.12. The molecule has 6 rings (SSSR count). The van der Waals surface area contributed by atoms with Gasteiger partial charge in [-0.3, -0.25) is 4.98 Å². The second-order valence-electron chi connectivity index (χ2n) is 8.92. The zero-order valence-corrected chi connectivity index (χ0v) is 19.3. The number of aryl methyl sites for hydroxylation is 1. The van der Waals surface area contributed by atoms with E-state index in [-0.39, 0.29) is 0 Å². The molecule has 4 aromatic carbocycles. The van der Waals surface area contributed by atoms with Gasteiger partial charge in [-0.1, -0.05) is 85.8 Å². The Morgan fingerprint density at radius 1 is 0.676 bits per heavy atom. The van der Waals surface area contributed by atoms with E-state index in [9.17, 15) is 0 Å². The van der Waals surface area contributed by atoms with Crippen molar-refractivity contribution in [1.29, 1.82) is 0 Å². The summed E-state index contributed by atoms with van der Waals surface area (Å²) in [5.74, 6) is 0.311. The normalized spacial score (nSPS) is 12.3. The summed E-state index contributed by atoms with van der Waals surface area (Å²) in [4.78, 5) is 4.78. The Kier molecular flexibility index (Phi) is 5.00. The van der Waals surface area contributed by atoms with Crippen molar-refractivity contribution >= 4 is 21.9 Å². The molecule has 34 heavy (non-hydrogen) atoms. The maximum atomic E-state index is 6.41. The highest BCUT2D eigenvalue weighted by atomic mass is 16.3. The maximum absolute atomic E-state index is 6.41. The van der Waals surface area contributed by atoms with Gasteiger partial charge >= 0.3 is 0 Å². The smallest absolute Gasteiger partial charge is 0.144 e. The van der Waals surface area contributed by atoms with E-state index < -0.39 is 0 Å². The summed E-state index contributed by atoms with van der Waals surface area (Å²) >= 11 is 0. The molecule has 0 spiro atoms. The molecular formula is C32H25NO. The van der Waals surface area contributed by atoms with Gasteiger partial charge in [-0.05, 0) is 59.0 Å². The zero-order chi connectivity index (χ0) is 23.1. The molecule has 0 N–H and O–H groups in total. The molecule has 0 saturated carbocycles. The van der Waals surface area contributed by atoms with E-state index in [1.807, 2.05) is 12.3 Å². The van der Waals surface area contributed by atoms with Crippen molar-refractivity contribution in [1.82, 2.24) is 4.98 Å². The lowest BCUT2D eigenvalue weighted by molar-refractivity contribution is 0.669. The van der Waals surface area contributed by atoms with Crippen LogP contribution in [0, 0.1) is 6.92 Å². The molecule has 1 atom stereocenters. The average molecular weight is 440 g/mol. The van der Waals surface area contributed by atoms with Crippen molar-refractivity contribution in [2.45, 2.75) is 19.8 Å². The number of nitrogens with zero attached hydrogens (tertiary/aromatic N) is 1. The summed E-state index contributed by atoms with van der Waals surface area (Å²) < 4.78 is 6.41. The van der Waals surface area contributed by atoms with Crippen LogP contribution >= 0.6 is 0 Å². The fraction of sp³-hybridized carbons (Fsp3) is 0.0938. The van der Waals surface area contributed by atoms with Gasteiger partial charge in [-0.2, -0.15) is 0 Å². The van der Waals surface area contributed by atoms with Crippen LogP contribution in [0.1, 0.15) is 29.5 Å². The molecule has 0 saturated heterocycles. The summed E-state index contributed by atoms with van der Waals surface area (Å²) in [6.07, 6.45) is 1.96. The van der Waals surface area contributed by atoms with Crippen LogP contribution in [0.4, 0.5) is 0 Å². The Morgan fingerprint density at radius 2 is 1.44 bits per heavy atom. The van der Waals surface area contributed by atoms with Crippen LogP contribution in [-0.2, 0) is 0 Å². The van der Waals surface area contributed by atoms with Crippen molar-refractivity contribution < 1.29 is 4.42 Å². The first-order valence-electron chi connectivity index (χ1n) is 11.7. The maximum Gasteiger partial charge on any atom is 0.144 e. The van der Waals surface area contributed by atoms with Gasteiger partial charge in [-0.15, -0.1) is 0 Å². The fourth-order valence-electron chi connectivity index (χ4n) is 4.82. The van der Waals surface area contributed by atoms with Gasteiger partial charge in [0.05, 0.1) is 5.69 Å². The predicted octanol–water partition coefficient (Wildman–Crippen LogP) is 8.78. The summed E-state index contributed by atoms with van der Waals surface area (Å²) in [7, 11) is 0. The van der Waals surface area contributed by atoms with Crippen LogP contribution in [-0.4, -0.2) is 4.98 Å². The van der Waals surface area contributed by atoms with Gasteiger partial charge in [-0.25, -0.2) is 0 Å². The molecule has 0 aliphatic carbocycles. The first-order valence-corrected chi connectivity index (χ1v) is 11.7. The Balaban J connectivity index is 1.49. The van der Waals surface area contributed by atoms with Crippen LogP contribution < -0.4 is 0 Å². The van der Waals surface area contributed by atoms with Crippen molar-refractivity contribution in [3.05, 3.63) is 126 Å². The molecule has 0 fully saturated rings. The van der Waals surface area contributed by atoms with Gasteiger partial charge < -0.3 is 4.42 Å². The summed E-state index contributed by atoms with van der Waals surface area (Å²) in [6, 6.07) is 36.2. The largest absolute Gasteiger partial charge is 0.455 e. The third-order valence-corrected chi connectivity index (χ3v) is 6.78. The Hall–Kier alpha value is -4.17. The fourth-order valence-corrected chi connectivity index (χ4v) is 4.82. The highest BCUT2D eigenvalue weighted by Crippen LogP contribution is 2.38. The number of fused-ring (bicyclic) bond motifs is 3. The molecule has 0 radical (unpaired) electrons. The predicted molar refractivity (Wildman–Crippen MR) is 141 cm³/mol. The van der Waals surface area contributed by atoms with Crippen molar-refractivity contribution in [2.24, 2.45) is 0 Å². The lowest BCUT2D eigenvalue weighted by Crippen LogP contribution is -1.95. The van der Waals surface area contributed by atoms with E-state index in [0.717, 1.165) is 38.8 Å². The number of furan rings is 1. The zero-order valence-electron chi connectivity index (χ0n) is 19.3. The molecule has 6 aromatic rings. The van der Waals surface area contributed by atoms with E-state index >= 15 is 0 Å². The second-order valence-corrected chi connectivity index (χ2v) is 8.92. The molecule has 164 valence electrons. The summed E-state index contributed by atoms with van der Waals surface area (Å²) in [5, 5.41) is 2.27.